The average molecular weight is 1380 g/mol. The first-order valence-corrected chi connectivity index (χ1v) is 37.8. The lowest BCUT2D eigenvalue weighted by atomic mass is 9.84. The zero-order valence-corrected chi connectivity index (χ0v) is 58.3. The standard InChI is InChI=1S/C70H125O24P/c1-4-7-10-13-16-19-22-24-26-28-31-33-36-39-42-45-55(73)87-50-53-58(76)60(78)65(83)70(91-53)93-67-63(81)61(79)62(80)66(92-69-64(82)59(77)57(75)52(47-71)90-69)68(67)94-95(84,85)88-49-51(89-56(74)46-43-40-37-34-29-21-18-15-12-9-6-3)48-86-54(72)44-41-38-35-32-30-27-25-23-20-17-14-11-8-5-2/h27,30,36,39,42,45,51-53,57-71,75-83H,4-26,28-29,31-35,37-38,40-41,43-44,46-50H2,1-3H3,(H,84,85)/b30-27-,39-36+,45-42+. The zero-order valence-electron chi connectivity index (χ0n) is 57.4. The molecule has 2 saturated heterocycles. The highest BCUT2D eigenvalue weighted by Gasteiger charge is 2.58. The number of hydrogen-bond acceptors (Lipinski definition) is 23. The Labute approximate surface area is 566 Å². The van der Waals surface area contributed by atoms with Gasteiger partial charge in [-0.05, 0) is 51.4 Å². The van der Waals surface area contributed by atoms with Gasteiger partial charge in [0.05, 0.1) is 13.2 Å². The van der Waals surface area contributed by atoms with Crippen molar-refractivity contribution in [2.45, 2.75) is 362 Å². The summed E-state index contributed by atoms with van der Waals surface area (Å²) in [5.74, 6) is -2.24. The second kappa shape index (κ2) is 52.2. The van der Waals surface area contributed by atoms with Gasteiger partial charge in [0.25, 0.3) is 0 Å². The van der Waals surface area contributed by atoms with Crippen LogP contribution in [0.15, 0.2) is 36.5 Å². The summed E-state index contributed by atoms with van der Waals surface area (Å²) in [7, 11) is -5.70. The highest BCUT2D eigenvalue weighted by molar-refractivity contribution is 7.47. The molecule has 554 valence electrons. The highest BCUT2D eigenvalue weighted by atomic mass is 31.2. The summed E-state index contributed by atoms with van der Waals surface area (Å²) in [4.78, 5) is 50.7. The summed E-state index contributed by atoms with van der Waals surface area (Å²) in [6.45, 7) is 3.30. The first-order chi connectivity index (χ1) is 45.8. The monoisotopic (exact) mass is 1380 g/mol. The Kier molecular flexibility index (Phi) is 47.5. The third kappa shape index (κ3) is 35.9. The van der Waals surface area contributed by atoms with E-state index < -0.39 is 156 Å². The molecule has 0 aromatic rings. The molecular weight excluding hydrogens is 1260 g/mol. The molecule has 95 heavy (non-hydrogen) atoms. The highest BCUT2D eigenvalue weighted by Crippen LogP contribution is 2.49. The number of aliphatic hydroxyl groups is 10. The van der Waals surface area contributed by atoms with Crippen molar-refractivity contribution in [1.29, 1.82) is 0 Å². The number of carbonyl (C=O) groups excluding carboxylic acids is 3. The lowest BCUT2D eigenvalue weighted by Gasteiger charge is -2.49. The molecule has 0 spiro atoms. The fourth-order valence-electron chi connectivity index (χ4n) is 11.8. The molecule has 1 saturated carbocycles. The minimum absolute atomic E-state index is 0.0229. The Hall–Kier alpha value is -2.82. The molecule has 0 bridgehead atoms. The van der Waals surface area contributed by atoms with E-state index in [1.165, 1.54) is 128 Å². The number of phosphoric acid groups is 1. The maximum absolute atomic E-state index is 14.3. The van der Waals surface area contributed by atoms with Crippen LogP contribution in [-0.2, 0) is 61.2 Å². The van der Waals surface area contributed by atoms with E-state index >= 15 is 0 Å². The number of unbranched alkanes of at least 4 members (excludes halogenated alkanes) is 31. The molecule has 0 amide bonds. The maximum atomic E-state index is 14.3. The second-order valence-electron chi connectivity index (χ2n) is 26.0. The molecule has 2 heterocycles. The van der Waals surface area contributed by atoms with E-state index in [1.807, 2.05) is 6.08 Å². The molecule has 25 heteroatoms. The van der Waals surface area contributed by atoms with Gasteiger partial charge in [-0.1, -0.05) is 225 Å². The summed E-state index contributed by atoms with van der Waals surface area (Å²) >= 11 is 0. The largest absolute Gasteiger partial charge is 0.472 e. The van der Waals surface area contributed by atoms with Crippen LogP contribution in [-0.4, -0.2) is 204 Å². The van der Waals surface area contributed by atoms with Gasteiger partial charge in [0.15, 0.2) is 18.7 Å². The van der Waals surface area contributed by atoms with Crippen LogP contribution in [0.5, 0.6) is 0 Å². The Morgan fingerprint density at radius 2 is 0.821 bits per heavy atom. The Morgan fingerprint density at radius 3 is 1.28 bits per heavy atom. The summed E-state index contributed by atoms with van der Waals surface area (Å²) in [6.07, 6.45) is 13.0. The van der Waals surface area contributed by atoms with Gasteiger partial charge in [0.1, 0.15) is 98.7 Å². The molecule has 11 N–H and O–H groups in total. The third-order valence-electron chi connectivity index (χ3n) is 17.7. The van der Waals surface area contributed by atoms with E-state index in [2.05, 4.69) is 32.9 Å². The van der Waals surface area contributed by atoms with Crippen molar-refractivity contribution in [3.8, 4) is 0 Å². The van der Waals surface area contributed by atoms with Crippen LogP contribution in [0, 0.1) is 0 Å². The van der Waals surface area contributed by atoms with Crippen molar-refractivity contribution in [3.63, 3.8) is 0 Å². The number of ether oxygens (including phenoxy) is 7. The van der Waals surface area contributed by atoms with Crippen LogP contribution in [0.3, 0.4) is 0 Å². The Balaban J connectivity index is 1.76. The predicted octanol–water partition coefficient (Wildman–Crippen LogP) is 9.12. The van der Waals surface area contributed by atoms with Crippen LogP contribution in [0.25, 0.3) is 0 Å². The first kappa shape index (κ1) is 86.4. The van der Waals surface area contributed by atoms with Crippen LogP contribution in [0.1, 0.15) is 258 Å². The molecule has 18 unspecified atom stereocenters. The summed E-state index contributed by atoms with van der Waals surface area (Å²) in [5.41, 5.74) is 0. The average Bonchev–Trinajstić information content (AvgIpc) is 0.763. The van der Waals surface area contributed by atoms with E-state index in [-0.39, 0.29) is 12.8 Å². The quantitative estimate of drug-likeness (QED) is 0.00514. The lowest BCUT2D eigenvalue weighted by Crippen LogP contribution is -2.69. The first-order valence-electron chi connectivity index (χ1n) is 36.3. The molecule has 0 aromatic carbocycles. The van der Waals surface area contributed by atoms with E-state index in [4.69, 9.17) is 42.2 Å². The van der Waals surface area contributed by atoms with Crippen LogP contribution in [0.2, 0.25) is 0 Å². The van der Waals surface area contributed by atoms with Crippen molar-refractivity contribution in [3.05, 3.63) is 36.5 Å². The van der Waals surface area contributed by atoms with E-state index in [0.717, 1.165) is 96.0 Å². The van der Waals surface area contributed by atoms with Gasteiger partial charge in [-0.15, -0.1) is 0 Å². The van der Waals surface area contributed by atoms with Crippen molar-refractivity contribution in [2.75, 3.05) is 26.4 Å². The third-order valence-corrected chi connectivity index (χ3v) is 18.7. The van der Waals surface area contributed by atoms with Gasteiger partial charge in [-0.3, -0.25) is 18.6 Å². The number of esters is 3. The van der Waals surface area contributed by atoms with Gasteiger partial charge in [0.2, 0.25) is 0 Å². The SMILES string of the molecule is CCCCCCCCC/C=C\CCCCCC(=O)OCC(COP(=O)(O)OC1C(OC2OC(CO)C(O)C(O)C2O)C(O)C(O)C(O)C1OC1OC(COC(=O)/C=C/C=C/CCCCCCCCCCCCC)C(O)C(O)C1O)OC(=O)CCCCCCCCCCCCC. The molecule has 3 rings (SSSR count). The number of hydrogen-bond donors (Lipinski definition) is 11. The summed E-state index contributed by atoms with van der Waals surface area (Å²) in [5, 5.41) is 110. The Bertz CT molecular complexity index is 2120. The van der Waals surface area contributed by atoms with Gasteiger partial charge < -0.3 is 89.1 Å². The molecule has 2 aliphatic heterocycles. The number of phosphoric ester groups is 1. The molecule has 0 aromatic heterocycles. The van der Waals surface area contributed by atoms with Crippen molar-refractivity contribution in [1.82, 2.24) is 0 Å². The van der Waals surface area contributed by atoms with Gasteiger partial charge >= 0.3 is 25.7 Å². The van der Waals surface area contributed by atoms with Gasteiger partial charge in [-0.2, -0.15) is 0 Å². The topological polar surface area (TPSA) is 374 Å². The number of rotatable bonds is 55. The number of carbonyl (C=O) groups is 3. The molecular formula is C70H125O24P. The Morgan fingerprint density at radius 1 is 0.432 bits per heavy atom. The molecule has 24 nitrogen and oxygen atoms in total. The maximum Gasteiger partial charge on any atom is 0.472 e. The van der Waals surface area contributed by atoms with Crippen molar-refractivity contribution in [2.24, 2.45) is 0 Å². The van der Waals surface area contributed by atoms with Crippen LogP contribution < -0.4 is 0 Å². The fourth-order valence-corrected chi connectivity index (χ4v) is 12.7. The number of allylic oxidation sites excluding steroid dienone is 5. The predicted molar refractivity (Wildman–Crippen MR) is 356 cm³/mol. The van der Waals surface area contributed by atoms with Gasteiger partial charge in [-0.25, -0.2) is 9.36 Å². The van der Waals surface area contributed by atoms with Gasteiger partial charge in [0, 0.05) is 18.9 Å². The van der Waals surface area contributed by atoms with E-state index in [9.17, 15) is 74.9 Å². The molecule has 3 fully saturated rings. The smallest absolute Gasteiger partial charge is 0.462 e. The van der Waals surface area contributed by atoms with E-state index in [1.54, 1.807) is 6.08 Å². The fraction of sp³-hybridized carbons (Fsp3) is 0.871. The normalized spacial score (nSPS) is 28.3. The van der Waals surface area contributed by atoms with Crippen LogP contribution >= 0.6 is 7.82 Å². The minimum Gasteiger partial charge on any atom is -0.462 e. The molecule has 1 aliphatic carbocycles. The summed E-state index contributed by atoms with van der Waals surface area (Å²) in [6, 6.07) is 0. The zero-order chi connectivity index (χ0) is 69.6. The summed E-state index contributed by atoms with van der Waals surface area (Å²) < 4.78 is 64.6. The lowest BCUT2D eigenvalue weighted by molar-refractivity contribution is -0.360. The number of aliphatic hydroxyl groups excluding tert-OH is 10. The van der Waals surface area contributed by atoms with E-state index in [0.29, 0.717) is 12.8 Å². The molecule has 3 aliphatic rings. The second-order valence-corrected chi connectivity index (χ2v) is 27.4. The molecule has 18 atom stereocenters. The van der Waals surface area contributed by atoms with Crippen molar-refractivity contribution >= 4 is 25.7 Å². The minimum atomic E-state index is -5.70. The van der Waals surface area contributed by atoms with Crippen LogP contribution in [0.4, 0.5) is 0 Å². The molecule has 0 radical (unpaired) electrons. The van der Waals surface area contributed by atoms with Crippen molar-refractivity contribution < 1.29 is 117 Å².